The van der Waals surface area contributed by atoms with E-state index in [-0.39, 0.29) is 19.0 Å². The van der Waals surface area contributed by atoms with E-state index in [0.29, 0.717) is 0 Å². The van der Waals surface area contributed by atoms with Gasteiger partial charge in [0.15, 0.2) is 0 Å². The molecule has 0 fully saturated rings. The minimum atomic E-state index is -0.250. The summed E-state index contributed by atoms with van der Waals surface area (Å²) in [6.07, 6.45) is 0.274. The smallest absolute Gasteiger partial charge is 0.310 e. The molecule has 24 heavy (non-hydrogen) atoms. The number of thiazole rings is 1. The predicted octanol–water partition coefficient (Wildman–Crippen LogP) is 4.10. The molecule has 1 heterocycles. The van der Waals surface area contributed by atoms with Gasteiger partial charge in [0, 0.05) is 10.9 Å². The van der Waals surface area contributed by atoms with Gasteiger partial charge in [0.1, 0.15) is 17.4 Å². The van der Waals surface area contributed by atoms with Gasteiger partial charge in [-0.3, -0.25) is 4.79 Å². The van der Waals surface area contributed by atoms with Crippen LogP contribution in [0.1, 0.15) is 11.3 Å². The molecule has 0 N–H and O–H groups in total. The Morgan fingerprint density at radius 3 is 2.54 bits per heavy atom. The average Bonchev–Trinajstić information content (AvgIpc) is 3.10. The second-order valence-electron chi connectivity index (χ2n) is 5.20. The van der Waals surface area contributed by atoms with Crippen LogP contribution in [0.2, 0.25) is 0 Å². The van der Waals surface area contributed by atoms with E-state index < -0.39 is 0 Å². The first-order valence-electron chi connectivity index (χ1n) is 7.53. The Hall–Kier alpha value is -2.66. The van der Waals surface area contributed by atoms with E-state index in [0.717, 1.165) is 27.6 Å². The number of hydrogen-bond donors (Lipinski definition) is 0. The third-order valence-electron chi connectivity index (χ3n) is 3.46. The minimum absolute atomic E-state index is 0.193. The quantitative estimate of drug-likeness (QED) is 0.634. The summed E-state index contributed by atoms with van der Waals surface area (Å²) in [7, 11) is 1.64. The maximum absolute atomic E-state index is 11.9. The molecule has 1 aromatic heterocycles. The Kier molecular flexibility index (Phi) is 5.23. The van der Waals surface area contributed by atoms with Gasteiger partial charge in [-0.25, -0.2) is 4.98 Å². The van der Waals surface area contributed by atoms with Crippen molar-refractivity contribution in [1.29, 1.82) is 0 Å². The summed E-state index contributed by atoms with van der Waals surface area (Å²) in [5, 5.41) is 2.81. The number of carbonyl (C=O) groups excluding carboxylic acids is 1. The molecule has 2 aromatic carbocycles. The molecule has 0 bridgehead atoms. The van der Waals surface area contributed by atoms with Crippen molar-refractivity contribution in [1.82, 2.24) is 4.98 Å². The Morgan fingerprint density at radius 1 is 1.08 bits per heavy atom. The van der Waals surface area contributed by atoms with Crippen molar-refractivity contribution in [3.8, 4) is 16.3 Å². The zero-order chi connectivity index (χ0) is 16.8. The molecule has 0 spiro atoms. The number of rotatable bonds is 6. The van der Waals surface area contributed by atoms with Gasteiger partial charge >= 0.3 is 5.97 Å². The van der Waals surface area contributed by atoms with Crippen LogP contribution in [-0.4, -0.2) is 18.1 Å². The van der Waals surface area contributed by atoms with Gasteiger partial charge in [-0.05, 0) is 29.8 Å². The van der Waals surface area contributed by atoms with Gasteiger partial charge in [-0.15, -0.1) is 11.3 Å². The first-order chi connectivity index (χ1) is 11.7. The fourth-order valence-corrected chi connectivity index (χ4v) is 3.02. The van der Waals surface area contributed by atoms with Gasteiger partial charge in [0.25, 0.3) is 0 Å². The second kappa shape index (κ2) is 7.75. The molecule has 122 valence electrons. The summed E-state index contributed by atoms with van der Waals surface area (Å²) < 4.78 is 10.5. The first-order valence-corrected chi connectivity index (χ1v) is 8.41. The van der Waals surface area contributed by atoms with Crippen molar-refractivity contribution in [3.63, 3.8) is 0 Å². The third-order valence-corrected chi connectivity index (χ3v) is 4.40. The van der Waals surface area contributed by atoms with Crippen molar-refractivity contribution in [2.24, 2.45) is 0 Å². The molecule has 0 unspecified atom stereocenters. The van der Waals surface area contributed by atoms with E-state index >= 15 is 0 Å². The zero-order valence-electron chi connectivity index (χ0n) is 13.3. The molecule has 5 heteroatoms. The van der Waals surface area contributed by atoms with Gasteiger partial charge in [0.2, 0.25) is 0 Å². The monoisotopic (exact) mass is 339 g/mol. The number of aromatic nitrogens is 1. The SMILES string of the molecule is COc1ccc(-c2nc(COC(=O)Cc3ccccc3)cs2)cc1. The van der Waals surface area contributed by atoms with Gasteiger partial charge in [0.05, 0.1) is 19.2 Å². The lowest BCUT2D eigenvalue weighted by atomic mass is 10.2. The summed E-state index contributed by atoms with van der Waals surface area (Å²) >= 11 is 1.53. The number of methoxy groups -OCH3 is 1. The Labute approximate surface area is 144 Å². The van der Waals surface area contributed by atoms with Gasteiger partial charge in [-0.1, -0.05) is 30.3 Å². The van der Waals surface area contributed by atoms with Crippen LogP contribution < -0.4 is 4.74 Å². The lowest BCUT2D eigenvalue weighted by molar-refractivity contribution is -0.144. The van der Waals surface area contributed by atoms with Gasteiger partial charge < -0.3 is 9.47 Å². The van der Waals surface area contributed by atoms with Crippen molar-refractivity contribution in [2.45, 2.75) is 13.0 Å². The first kappa shape index (κ1) is 16.2. The van der Waals surface area contributed by atoms with Gasteiger partial charge in [-0.2, -0.15) is 0 Å². The molecular weight excluding hydrogens is 322 g/mol. The van der Waals surface area contributed by atoms with Crippen molar-refractivity contribution < 1.29 is 14.3 Å². The summed E-state index contributed by atoms with van der Waals surface area (Å²) in [5.74, 6) is 0.561. The van der Waals surface area contributed by atoms with Crippen LogP contribution in [-0.2, 0) is 22.6 Å². The van der Waals surface area contributed by atoms with E-state index in [1.165, 1.54) is 11.3 Å². The maximum atomic E-state index is 11.9. The normalized spacial score (nSPS) is 10.4. The fraction of sp³-hybridized carbons (Fsp3) is 0.158. The molecule has 4 nitrogen and oxygen atoms in total. The lowest BCUT2D eigenvalue weighted by Gasteiger charge is -2.03. The Bertz CT molecular complexity index is 797. The molecule has 0 aliphatic rings. The zero-order valence-corrected chi connectivity index (χ0v) is 14.1. The fourth-order valence-electron chi connectivity index (χ4n) is 2.21. The molecule has 3 rings (SSSR count). The highest BCUT2D eigenvalue weighted by molar-refractivity contribution is 7.13. The maximum Gasteiger partial charge on any atom is 0.310 e. The number of benzene rings is 2. The molecular formula is C19H17NO3S. The Balaban J connectivity index is 1.56. The number of esters is 1. The Morgan fingerprint density at radius 2 is 1.83 bits per heavy atom. The summed E-state index contributed by atoms with van der Waals surface area (Å²) in [6, 6.07) is 17.3. The number of ether oxygens (including phenoxy) is 2. The molecule has 0 aliphatic carbocycles. The van der Waals surface area contributed by atoms with E-state index in [2.05, 4.69) is 4.98 Å². The highest BCUT2D eigenvalue weighted by atomic mass is 32.1. The molecule has 0 atom stereocenters. The molecule has 0 radical (unpaired) electrons. The van der Waals surface area contributed by atoms with E-state index in [9.17, 15) is 4.79 Å². The summed E-state index contributed by atoms with van der Waals surface area (Å²) in [6.45, 7) is 0.193. The van der Waals surface area contributed by atoms with Crippen LogP contribution in [0.4, 0.5) is 0 Å². The van der Waals surface area contributed by atoms with E-state index in [4.69, 9.17) is 9.47 Å². The number of carbonyl (C=O) groups is 1. The average molecular weight is 339 g/mol. The highest BCUT2D eigenvalue weighted by Gasteiger charge is 2.09. The van der Waals surface area contributed by atoms with Crippen LogP contribution in [0.5, 0.6) is 5.75 Å². The molecule has 0 aliphatic heterocycles. The highest BCUT2D eigenvalue weighted by Crippen LogP contribution is 2.25. The van der Waals surface area contributed by atoms with Crippen LogP contribution in [0.3, 0.4) is 0 Å². The van der Waals surface area contributed by atoms with Crippen molar-refractivity contribution in [3.05, 3.63) is 71.2 Å². The number of hydrogen-bond acceptors (Lipinski definition) is 5. The molecule has 3 aromatic rings. The molecule has 0 saturated heterocycles. The summed E-state index contributed by atoms with van der Waals surface area (Å²) in [5.41, 5.74) is 2.72. The standard InChI is InChI=1S/C19H17NO3S/c1-22-17-9-7-15(8-10-17)19-20-16(13-24-19)12-23-18(21)11-14-5-3-2-4-6-14/h2-10,13H,11-12H2,1H3. The number of nitrogens with zero attached hydrogens (tertiary/aromatic N) is 1. The van der Waals surface area contributed by atoms with E-state index in [1.54, 1.807) is 7.11 Å². The van der Waals surface area contributed by atoms with Crippen molar-refractivity contribution in [2.75, 3.05) is 7.11 Å². The topological polar surface area (TPSA) is 48.4 Å². The van der Waals surface area contributed by atoms with Crippen molar-refractivity contribution >= 4 is 17.3 Å². The lowest BCUT2D eigenvalue weighted by Crippen LogP contribution is -2.08. The third kappa shape index (κ3) is 4.20. The predicted molar refractivity (Wildman–Crippen MR) is 94.0 cm³/mol. The summed E-state index contributed by atoms with van der Waals surface area (Å²) in [4.78, 5) is 16.4. The molecule has 0 amide bonds. The second-order valence-corrected chi connectivity index (χ2v) is 6.05. The largest absolute Gasteiger partial charge is 0.497 e. The van der Waals surface area contributed by atoms with Crippen LogP contribution >= 0.6 is 11.3 Å². The van der Waals surface area contributed by atoms with Crippen LogP contribution in [0, 0.1) is 0 Å². The van der Waals surface area contributed by atoms with E-state index in [1.807, 2.05) is 60.0 Å². The van der Waals surface area contributed by atoms with Crippen LogP contribution in [0.15, 0.2) is 60.0 Å². The molecule has 0 saturated carbocycles. The minimum Gasteiger partial charge on any atom is -0.497 e. The van der Waals surface area contributed by atoms with Crippen LogP contribution in [0.25, 0.3) is 10.6 Å².